The average molecular weight is 279 g/mol. The van der Waals surface area contributed by atoms with Gasteiger partial charge in [0.1, 0.15) is 0 Å². The van der Waals surface area contributed by atoms with Gasteiger partial charge in [0, 0.05) is 12.0 Å². The number of hydrogen-bond donors (Lipinski definition) is 2. The van der Waals surface area contributed by atoms with Crippen molar-refractivity contribution < 1.29 is 4.79 Å². The van der Waals surface area contributed by atoms with Crippen LogP contribution >= 0.6 is 11.6 Å². The van der Waals surface area contributed by atoms with Gasteiger partial charge in [-0.3, -0.25) is 4.79 Å². The number of anilines is 1. The van der Waals surface area contributed by atoms with Crippen molar-refractivity contribution in [1.82, 2.24) is 0 Å². The molecule has 0 atom stereocenters. The third-order valence-electron chi connectivity index (χ3n) is 4.60. The molecule has 1 amide bonds. The lowest BCUT2D eigenvalue weighted by molar-refractivity contribution is -0.115. The Morgan fingerprint density at radius 1 is 1.26 bits per heavy atom. The predicted molar refractivity (Wildman–Crippen MR) is 77.6 cm³/mol. The summed E-state index contributed by atoms with van der Waals surface area (Å²) >= 11 is 6.32. The van der Waals surface area contributed by atoms with E-state index in [0.717, 1.165) is 24.1 Å². The fraction of sp³-hybridized carbons (Fsp3) is 0.533. The minimum Gasteiger partial charge on any atom is -0.330 e. The molecular formula is C15H19ClN2O. The largest absolute Gasteiger partial charge is 0.330 e. The summed E-state index contributed by atoms with van der Waals surface area (Å²) in [5.41, 5.74) is 9.15. The Kier molecular flexibility index (Phi) is 3.27. The third kappa shape index (κ3) is 2.15. The summed E-state index contributed by atoms with van der Waals surface area (Å²) in [6.45, 7) is 0.656. The molecule has 0 aromatic heterocycles. The van der Waals surface area contributed by atoms with Crippen LogP contribution in [0, 0.1) is 0 Å². The van der Waals surface area contributed by atoms with Gasteiger partial charge in [0.15, 0.2) is 0 Å². The van der Waals surface area contributed by atoms with E-state index in [9.17, 15) is 4.79 Å². The molecule has 4 heteroatoms. The van der Waals surface area contributed by atoms with Crippen molar-refractivity contribution in [3.8, 4) is 0 Å². The van der Waals surface area contributed by atoms with Gasteiger partial charge in [-0.15, -0.1) is 0 Å². The van der Waals surface area contributed by atoms with Crippen molar-refractivity contribution in [2.75, 3.05) is 11.9 Å². The van der Waals surface area contributed by atoms with Gasteiger partial charge in [-0.1, -0.05) is 36.9 Å². The van der Waals surface area contributed by atoms with E-state index in [-0.39, 0.29) is 11.3 Å². The molecule has 1 aliphatic carbocycles. The Labute approximate surface area is 118 Å². The lowest BCUT2D eigenvalue weighted by atomic mass is 9.69. The van der Waals surface area contributed by atoms with Crippen molar-refractivity contribution in [2.24, 2.45) is 5.73 Å². The summed E-state index contributed by atoms with van der Waals surface area (Å²) < 4.78 is 0. The van der Waals surface area contributed by atoms with Gasteiger partial charge in [-0.2, -0.15) is 0 Å². The van der Waals surface area contributed by atoms with Crippen LogP contribution in [0.4, 0.5) is 5.69 Å². The van der Waals surface area contributed by atoms with E-state index in [1.54, 1.807) is 0 Å². The Morgan fingerprint density at radius 2 is 2.00 bits per heavy atom. The molecule has 3 rings (SSSR count). The number of carbonyl (C=O) groups excluding carboxylic acids is 1. The summed E-state index contributed by atoms with van der Waals surface area (Å²) in [6, 6.07) is 4.14. The van der Waals surface area contributed by atoms with E-state index in [2.05, 4.69) is 11.4 Å². The van der Waals surface area contributed by atoms with Crippen LogP contribution in [0.1, 0.15) is 43.2 Å². The van der Waals surface area contributed by atoms with Crippen molar-refractivity contribution in [1.29, 1.82) is 0 Å². The Bertz CT molecular complexity index is 521. The van der Waals surface area contributed by atoms with Crippen LogP contribution in [0.3, 0.4) is 0 Å². The van der Waals surface area contributed by atoms with Crippen LogP contribution in [0.5, 0.6) is 0 Å². The maximum atomic E-state index is 11.5. The lowest BCUT2D eigenvalue weighted by Gasteiger charge is -2.37. The van der Waals surface area contributed by atoms with Crippen LogP contribution in [-0.4, -0.2) is 12.5 Å². The molecule has 2 aliphatic rings. The zero-order valence-electron chi connectivity index (χ0n) is 11.0. The second-order valence-electron chi connectivity index (χ2n) is 5.76. The van der Waals surface area contributed by atoms with Gasteiger partial charge < -0.3 is 11.1 Å². The van der Waals surface area contributed by atoms with Crippen LogP contribution in [0.2, 0.25) is 5.02 Å². The molecule has 1 fully saturated rings. The molecule has 1 saturated carbocycles. The van der Waals surface area contributed by atoms with Crippen molar-refractivity contribution in [3.05, 3.63) is 28.3 Å². The van der Waals surface area contributed by atoms with Gasteiger partial charge in [0.05, 0.1) is 17.1 Å². The predicted octanol–water partition coefficient (Wildman–Crippen LogP) is 3.00. The van der Waals surface area contributed by atoms with Crippen LogP contribution in [0.15, 0.2) is 12.1 Å². The summed E-state index contributed by atoms with van der Waals surface area (Å²) in [5.74, 6) is 0.0273. The van der Waals surface area contributed by atoms with E-state index in [4.69, 9.17) is 17.3 Å². The number of benzene rings is 1. The first kappa shape index (κ1) is 12.9. The quantitative estimate of drug-likeness (QED) is 0.874. The summed E-state index contributed by atoms with van der Waals surface area (Å²) in [5, 5.41) is 3.47. The topological polar surface area (TPSA) is 55.1 Å². The maximum Gasteiger partial charge on any atom is 0.228 e. The molecule has 0 radical (unpaired) electrons. The minimum atomic E-state index is 0.0273. The number of halogens is 1. The molecule has 0 bridgehead atoms. The summed E-state index contributed by atoms with van der Waals surface area (Å²) in [6.07, 6.45) is 6.43. The highest BCUT2D eigenvalue weighted by atomic mass is 35.5. The average Bonchev–Trinajstić information content (AvgIpc) is 2.80. The molecule has 19 heavy (non-hydrogen) atoms. The lowest BCUT2D eigenvalue weighted by Crippen LogP contribution is -2.37. The number of amides is 1. The van der Waals surface area contributed by atoms with Crippen LogP contribution in [-0.2, 0) is 16.6 Å². The van der Waals surface area contributed by atoms with E-state index < -0.39 is 0 Å². The Balaban J connectivity index is 2.03. The monoisotopic (exact) mass is 278 g/mol. The molecule has 102 valence electrons. The van der Waals surface area contributed by atoms with E-state index >= 15 is 0 Å². The number of carbonyl (C=O) groups is 1. The fourth-order valence-electron chi connectivity index (χ4n) is 3.45. The molecule has 3 N–H and O–H groups in total. The Morgan fingerprint density at radius 3 is 2.68 bits per heavy atom. The van der Waals surface area contributed by atoms with E-state index in [1.807, 2.05) is 6.07 Å². The number of rotatable bonds is 2. The SMILES string of the molecule is NCC1(c2cc(Cl)c3c(c2)CC(=O)N3)CCCCC1. The van der Waals surface area contributed by atoms with Crippen LogP contribution < -0.4 is 11.1 Å². The highest BCUT2D eigenvalue weighted by Crippen LogP contribution is 2.42. The van der Waals surface area contributed by atoms with Gasteiger partial charge in [0.2, 0.25) is 5.91 Å². The third-order valence-corrected chi connectivity index (χ3v) is 4.90. The van der Waals surface area contributed by atoms with Gasteiger partial charge >= 0.3 is 0 Å². The van der Waals surface area contributed by atoms with Crippen LogP contribution in [0.25, 0.3) is 0 Å². The van der Waals surface area contributed by atoms with Gasteiger partial charge in [-0.25, -0.2) is 0 Å². The first-order chi connectivity index (χ1) is 9.14. The molecule has 0 saturated heterocycles. The molecule has 1 aromatic rings. The minimum absolute atomic E-state index is 0.0273. The molecule has 0 unspecified atom stereocenters. The first-order valence-corrected chi connectivity index (χ1v) is 7.35. The highest BCUT2D eigenvalue weighted by molar-refractivity contribution is 6.34. The van der Waals surface area contributed by atoms with E-state index in [0.29, 0.717) is 18.0 Å². The van der Waals surface area contributed by atoms with Gasteiger partial charge in [0.25, 0.3) is 0 Å². The zero-order valence-corrected chi connectivity index (χ0v) is 11.7. The van der Waals surface area contributed by atoms with Crippen molar-refractivity contribution >= 4 is 23.2 Å². The molecule has 1 aliphatic heterocycles. The van der Waals surface area contributed by atoms with E-state index in [1.165, 1.54) is 24.8 Å². The molecule has 1 aromatic carbocycles. The molecule has 0 spiro atoms. The zero-order chi connectivity index (χ0) is 13.5. The molecular weight excluding hydrogens is 260 g/mol. The van der Waals surface area contributed by atoms with Gasteiger partial charge in [-0.05, 0) is 30.0 Å². The highest BCUT2D eigenvalue weighted by Gasteiger charge is 2.34. The first-order valence-electron chi connectivity index (χ1n) is 6.97. The Hall–Kier alpha value is -1.06. The second-order valence-corrected chi connectivity index (χ2v) is 6.17. The molecule has 3 nitrogen and oxygen atoms in total. The smallest absolute Gasteiger partial charge is 0.228 e. The maximum absolute atomic E-state index is 11.5. The summed E-state index contributed by atoms with van der Waals surface area (Å²) in [7, 11) is 0. The number of hydrogen-bond acceptors (Lipinski definition) is 2. The van der Waals surface area contributed by atoms with Crippen molar-refractivity contribution in [3.63, 3.8) is 0 Å². The normalized spacial score (nSPS) is 21.1. The number of nitrogens with one attached hydrogen (secondary N) is 1. The number of nitrogens with two attached hydrogens (primary N) is 1. The number of fused-ring (bicyclic) bond motifs is 1. The summed E-state index contributed by atoms with van der Waals surface area (Å²) in [4.78, 5) is 11.5. The second kappa shape index (κ2) is 4.80. The standard InChI is InChI=1S/C15H19ClN2O/c16-12-8-11(6-10-7-13(19)18-14(10)12)15(9-17)4-2-1-3-5-15/h6,8H,1-5,7,9,17H2,(H,18,19). The fourth-order valence-corrected chi connectivity index (χ4v) is 3.73. The molecule has 1 heterocycles. The van der Waals surface area contributed by atoms with Crippen molar-refractivity contribution in [2.45, 2.75) is 43.9 Å².